The molecular weight excluding hydrogens is 509 g/mol. The number of hydrogen-bond donors (Lipinski definition) is 2. The zero-order valence-electron chi connectivity index (χ0n) is 22.1. The zero-order chi connectivity index (χ0) is 27.4. The third-order valence-electron chi connectivity index (χ3n) is 7.24. The lowest BCUT2D eigenvalue weighted by Gasteiger charge is -2.42. The maximum Gasteiger partial charge on any atom is 0.238 e. The van der Waals surface area contributed by atoms with Crippen molar-refractivity contribution >= 4 is 38.2 Å². The number of pyridine rings is 2. The quantitative estimate of drug-likeness (QED) is 0.417. The fourth-order valence-electron chi connectivity index (χ4n) is 5.71. The summed E-state index contributed by atoms with van der Waals surface area (Å²) in [6.45, 7) is 6.95. The van der Waals surface area contributed by atoms with Gasteiger partial charge in [-0.25, -0.2) is 17.8 Å². The summed E-state index contributed by atoms with van der Waals surface area (Å²) < 4.78 is 47.7. The second-order valence-corrected chi connectivity index (χ2v) is 12.5. The van der Waals surface area contributed by atoms with Gasteiger partial charge in [-0.2, -0.15) is 0 Å². The molecule has 3 aromatic rings. The Kier molecular flexibility index (Phi) is 6.55. The second-order valence-electron chi connectivity index (χ2n) is 10.7. The van der Waals surface area contributed by atoms with Gasteiger partial charge in [-0.15, -0.1) is 0 Å². The molecule has 1 aliphatic carbocycles. The highest BCUT2D eigenvalue weighted by Crippen LogP contribution is 2.57. The topological polar surface area (TPSA) is 114 Å². The van der Waals surface area contributed by atoms with Gasteiger partial charge in [0.2, 0.25) is 21.8 Å². The van der Waals surface area contributed by atoms with E-state index in [-0.39, 0.29) is 35.7 Å². The van der Waals surface area contributed by atoms with Crippen LogP contribution in [0.25, 0.3) is 22.0 Å². The van der Waals surface area contributed by atoms with Crippen LogP contribution in [0.1, 0.15) is 39.2 Å². The van der Waals surface area contributed by atoms with Gasteiger partial charge in [-0.3, -0.25) is 14.5 Å². The number of hydrogen-bond acceptors (Lipinski definition) is 7. The van der Waals surface area contributed by atoms with E-state index in [1.807, 2.05) is 13.8 Å². The minimum atomic E-state index is -3.66. The van der Waals surface area contributed by atoms with Crippen molar-refractivity contribution in [1.82, 2.24) is 15.3 Å². The minimum absolute atomic E-state index is 0.0422. The number of ether oxygens (including phenoxy) is 1. The van der Waals surface area contributed by atoms with E-state index in [0.29, 0.717) is 28.9 Å². The van der Waals surface area contributed by atoms with E-state index < -0.39 is 21.3 Å². The van der Waals surface area contributed by atoms with E-state index in [4.69, 9.17) is 4.74 Å². The SMILES string of the molecule is CC(C)NCCOc1ncc(-c2cc3c(cc2F)ncc2c3[C@]3(C[C@H](C)C3)C(=O)N2C)cc1NS(C)(=O)=O. The summed E-state index contributed by atoms with van der Waals surface area (Å²) in [6, 6.07) is 4.84. The maximum absolute atomic E-state index is 15.4. The summed E-state index contributed by atoms with van der Waals surface area (Å²) in [7, 11) is -1.91. The van der Waals surface area contributed by atoms with Crippen molar-refractivity contribution < 1.29 is 22.3 Å². The molecule has 1 aliphatic heterocycles. The lowest BCUT2D eigenvalue weighted by Crippen LogP contribution is -2.48. The summed E-state index contributed by atoms with van der Waals surface area (Å²) in [5, 5.41) is 3.93. The average molecular weight is 542 g/mol. The number of fused-ring (bicyclic) bond motifs is 4. The van der Waals surface area contributed by atoms with Crippen molar-refractivity contribution in [1.29, 1.82) is 0 Å². The number of carbonyl (C=O) groups excluding carboxylic acids is 1. The molecular formula is C27H32FN5O4S. The number of benzene rings is 1. The van der Waals surface area contributed by atoms with Crippen LogP contribution in [-0.4, -0.2) is 56.8 Å². The van der Waals surface area contributed by atoms with Crippen LogP contribution < -0.4 is 19.7 Å². The van der Waals surface area contributed by atoms with E-state index in [2.05, 4.69) is 26.9 Å². The number of likely N-dealkylation sites (N-methyl/N-ethyl adjacent to an activating group) is 1. The largest absolute Gasteiger partial charge is 0.475 e. The van der Waals surface area contributed by atoms with Gasteiger partial charge in [0, 0.05) is 54.0 Å². The van der Waals surface area contributed by atoms with Crippen LogP contribution in [0.2, 0.25) is 0 Å². The third-order valence-corrected chi connectivity index (χ3v) is 7.83. The summed E-state index contributed by atoms with van der Waals surface area (Å²) in [5.74, 6) is 0.0303. The monoisotopic (exact) mass is 541 g/mol. The predicted molar refractivity (Wildman–Crippen MR) is 146 cm³/mol. The number of rotatable bonds is 8. The lowest BCUT2D eigenvalue weighted by molar-refractivity contribution is -0.127. The van der Waals surface area contributed by atoms with Crippen molar-refractivity contribution in [3.05, 3.63) is 42.0 Å². The first-order chi connectivity index (χ1) is 17.9. The molecule has 0 bridgehead atoms. The Morgan fingerprint density at radius 1 is 1.21 bits per heavy atom. The van der Waals surface area contributed by atoms with Gasteiger partial charge >= 0.3 is 0 Å². The Labute approximate surface area is 221 Å². The first-order valence-electron chi connectivity index (χ1n) is 12.6. The molecule has 2 aliphatic rings. The molecule has 38 heavy (non-hydrogen) atoms. The number of halogens is 1. The van der Waals surface area contributed by atoms with Gasteiger partial charge < -0.3 is 15.0 Å². The molecule has 0 unspecified atom stereocenters. The Morgan fingerprint density at radius 3 is 2.61 bits per heavy atom. The van der Waals surface area contributed by atoms with Crippen molar-refractivity contribution in [2.24, 2.45) is 5.92 Å². The Bertz CT molecular complexity index is 1540. The van der Waals surface area contributed by atoms with Gasteiger partial charge in [-0.1, -0.05) is 20.8 Å². The van der Waals surface area contributed by atoms with Gasteiger partial charge in [0.05, 0.1) is 29.1 Å². The summed E-state index contributed by atoms with van der Waals surface area (Å²) in [6.07, 6.45) is 5.59. The average Bonchev–Trinajstić information content (AvgIpc) is 3.03. The van der Waals surface area contributed by atoms with E-state index in [1.165, 1.54) is 18.3 Å². The molecule has 3 heterocycles. The maximum atomic E-state index is 15.4. The standard InChI is InChI=1S/C27H32FN5O4S/c1-15(2)29-6-7-37-25-22(32-38(5,35)36)8-17(13-31-25)18-9-19-21(10-20(18)28)30-14-23-24(19)27(11-16(3)12-27)26(34)33(23)4/h8-10,13-16,29,32H,6-7,11-12H2,1-5H3/t16-,27+. The first-order valence-corrected chi connectivity index (χ1v) is 14.5. The number of nitrogens with one attached hydrogen (secondary N) is 2. The summed E-state index contributed by atoms with van der Waals surface area (Å²) >= 11 is 0. The number of sulfonamides is 1. The Hall–Kier alpha value is -3.31. The smallest absolute Gasteiger partial charge is 0.238 e. The highest BCUT2D eigenvalue weighted by atomic mass is 32.2. The third kappa shape index (κ3) is 4.58. The van der Waals surface area contributed by atoms with Gasteiger partial charge in [0.25, 0.3) is 0 Å². The highest BCUT2D eigenvalue weighted by Gasteiger charge is 2.57. The second kappa shape index (κ2) is 9.46. The Morgan fingerprint density at radius 2 is 1.95 bits per heavy atom. The number of nitrogens with zero attached hydrogens (tertiary/aromatic N) is 3. The van der Waals surface area contributed by atoms with Gasteiger partial charge in [0.15, 0.2) is 0 Å². The molecule has 5 rings (SSSR count). The lowest BCUT2D eigenvalue weighted by atomic mass is 9.59. The van der Waals surface area contributed by atoms with Crippen molar-refractivity contribution in [3.63, 3.8) is 0 Å². The normalized spacial score (nSPS) is 20.8. The van der Waals surface area contributed by atoms with Gasteiger partial charge in [-0.05, 0) is 30.9 Å². The Balaban J connectivity index is 1.59. The molecule has 11 heteroatoms. The van der Waals surface area contributed by atoms with Crippen LogP contribution in [0.15, 0.2) is 30.6 Å². The molecule has 0 atom stereocenters. The van der Waals surface area contributed by atoms with Crippen LogP contribution in [0.3, 0.4) is 0 Å². The molecule has 2 N–H and O–H groups in total. The van der Waals surface area contributed by atoms with Crippen LogP contribution in [0, 0.1) is 11.7 Å². The molecule has 1 saturated carbocycles. The zero-order valence-corrected chi connectivity index (χ0v) is 22.9. The number of amides is 1. The first kappa shape index (κ1) is 26.3. The minimum Gasteiger partial charge on any atom is -0.475 e. The molecule has 2 aromatic heterocycles. The molecule has 1 aromatic carbocycles. The number of anilines is 2. The fourth-order valence-corrected chi connectivity index (χ4v) is 6.26. The highest BCUT2D eigenvalue weighted by molar-refractivity contribution is 7.92. The molecule has 0 saturated heterocycles. The molecule has 9 nitrogen and oxygen atoms in total. The van der Waals surface area contributed by atoms with Crippen LogP contribution >= 0.6 is 0 Å². The molecule has 1 spiro atoms. The van der Waals surface area contributed by atoms with Crippen LogP contribution in [0.4, 0.5) is 15.8 Å². The van der Waals surface area contributed by atoms with E-state index in [1.54, 1.807) is 24.2 Å². The summed E-state index contributed by atoms with van der Waals surface area (Å²) in [5.41, 5.74) is 2.18. The van der Waals surface area contributed by atoms with Gasteiger partial charge in [0.1, 0.15) is 18.1 Å². The number of carbonyl (C=O) groups is 1. The van der Waals surface area contributed by atoms with Crippen LogP contribution in [0.5, 0.6) is 5.88 Å². The van der Waals surface area contributed by atoms with E-state index in [0.717, 1.165) is 30.3 Å². The molecule has 1 fully saturated rings. The summed E-state index contributed by atoms with van der Waals surface area (Å²) in [4.78, 5) is 23.7. The van der Waals surface area contributed by atoms with Crippen molar-refractivity contribution in [2.75, 3.05) is 36.1 Å². The molecule has 202 valence electrons. The molecule has 0 radical (unpaired) electrons. The van der Waals surface area contributed by atoms with E-state index in [9.17, 15) is 13.2 Å². The van der Waals surface area contributed by atoms with Crippen molar-refractivity contribution in [3.8, 4) is 17.0 Å². The van der Waals surface area contributed by atoms with E-state index >= 15 is 4.39 Å². The fraction of sp³-hybridized carbons (Fsp3) is 0.444. The van der Waals surface area contributed by atoms with Crippen LogP contribution in [-0.2, 0) is 20.2 Å². The predicted octanol–water partition coefficient (Wildman–Crippen LogP) is 3.83. The van der Waals surface area contributed by atoms with Crippen molar-refractivity contribution in [2.45, 2.75) is 45.1 Å². The number of aromatic nitrogens is 2. The molecule has 1 amide bonds.